The van der Waals surface area contributed by atoms with Gasteiger partial charge >= 0.3 is 0 Å². The Labute approximate surface area is 200 Å². The molecule has 0 unspecified atom stereocenters. The van der Waals surface area contributed by atoms with Crippen molar-refractivity contribution in [3.8, 4) is 5.75 Å². The number of amides is 1. The third kappa shape index (κ3) is 5.52. The lowest BCUT2D eigenvalue weighted by atomic mass is 10.0. The molecule has 2 fully saturated rings. The maximum atomic E-state index is 13.4. The van der Waals surface area contributed by atoms with Crippen LogP contribution in [0.5, 0.6) is 5.75 Å². The molecule has 1 atom stereocenters. The van der Waals surface area contributed by atoms with E-state index in [4.69, 9.17) is 14.2 Å². The maximum absolute atomic E-state index is 13.4. The van der Waals surface area contributed by atoms with Crippen molar-refractivity contribution in [1.82, 2.24) is 9.21 Å². The van der Waals surface area contributed by atoms with Crippen LogP contribution in [0.4, 0.5) is 5.69 Å². The van der Waals surface area contributed by atoms with Gasteiger partial charge in [0, 0.05) is 31.9 Å². The molecule has 0 aliphatic carbocycles. The van der Waals surface area contributed by atoms with Crippen LogP contribution >= 0.6 is 0 Å². The Bertz CT molecular complexity index is 1070. The minimum absolute atomic E-state index is 0.0758. The molecule has 2 saturated heterocycles. The van der Waals surface area contributed by atoms with Gasteiger partial charge in [0.05, 0.1) is 33.0 Å². The number of ether oxygens (including phenoxy) is 3. The molecule has 2 heterocycles. The number of benzene rings is 2. The van der Waals surface area contributed by atoms with Crippen LogP contribution in [0.25, 0.3) is 0 Å². The van der Waals surface area contributed by atoms with Crippen LogP contribution < -0.4 is 10.1 Å². The number of hydrogen-bond acceptors (Lipinski definition) is 7. The number of anilines is 1. The summed E-state index contributed by atoms with van der Waals surface area (Å²) in [5, 5.41) is 3.28. The molecule has 2 aromatic rings. The highest BCUT2D eigenvalue weighted by Crippen LogP contribution is 2.32. The number of morpholine rings is 2. The molecule has 9 nitrogen and oxygen atoms in total. The van der Waals surface area contributed by atoms with Gasteiger partial charge in [0.1, 0.15) is 16.7 Å². The lowest BCUT2D eigenvalue weighted by Gasteiger charge is -2.31. The Morgan fingerprint density at radius 2 is 1.65 bits per heavy atom. The van der Waals surface area contributed by atoms with Crippen LogP contribution in [0, 0.1) is 0 Å². The van der Waals surface area contributed by atoms with Crippen molar-refractivity contribution in [3.63, 3.8) is 0 Å². The first-order valence-electron chi connectivity index (χ1n) is 11.5. The fraction of sp³-hybridized carbons (Fsp3) is 0.458. The van der Waals surface area contributed by atoms with Crippen LogP contribution in [0.15, 0.2) is 53.4 Å². The predicted molar refractivity (Wildman–Crippen MR) is 127 cm³/mol. The Morgan fingerprint density at radius 1 is 1.00 bits per heavy atom. The van der Waals surface area contributed by atoms with Crippen molar-refractivity contribution >= 4 is 21.6 Å². The first kappa shape index (κ1) is 24.5. The number of nitrogens with one attached hydrogen (secondary N) is 1. The van der Waals surface area contributed by atoms with Gasteiger partial charge in [-0.3, -0.25) is 4.79 Å². The van der Waals surface area contributed by atoms with E-state index >= 15 is 0 Å². The second-order valence-corrected chi connectivity index (χ2v) is 9.94. The van der Waals surface area contributed by atoms with Crippen molar-refractivity contribution in [2.24, 2.45) is 0 Å². The Kier molecular flexibility index (Phi) is 8.04. The fourth-order valence-corrected chi connectivity index (χ4v) is 5.63. The van der Waals surface area contributed by atoms with Crippen molar-refractivity contribution in [2.75, 3.05) is 64.5 Å². The molecule has 0 spiro atoms. The summed E-state index contributed by atoms with van der Waals surface area (Å²) in [4.78, 5) is 15.3. The smallest absolute Gasteiger partial charge is 0.249 e. The van der Waals surface area contributed by atoms with E-state index in [-0.39, 0.29) is 29.6 Å². The Hall–Kier alpha value is -2.66. The molecule has 0 radical (unpaired) electrons. The molecule has 10 heteroatoms. The second-order valence-electron chi connectivity index (χ2n) is 8.04. The van der Waals surface area contributed by atoms with E-state index in [1.165, 1.54) is 4.31 Å². The van der Waals surface area contributed by atoms with Gasteiger partial charge in [-0.05, 0) is 30.7 Å². The molecule has 1 amide bonds. The number of sulfonamides is 1. The van der Waals surface area contributed by atoms with E-state index in [0.29, 0.717) is 51.8 Å². The van der Waals surface area contributed by atoms with E-state index in [2.05, 4.69) is 5.32 Å². The molecule has 4 rings (SSSR count). The van der Waals surface area contributed by atoms with Gasteiger partial charge in [0.2, 0.25) is 15.9 Å². The number of carbonyl (C=O) groups excluding carboxylic acids is 1. The highest BCUT2D eigenvalue weighted by atomic mass is 32.2. The lowest BCUT2D eigenvalue weighted by molar-refractivity contribution is -0.136. The van der Waals surface area contributed by atoms with Crippen molar-refractivity contribution in [3.05, 3.63) is 54.1 Å². The van der Waals surface area contributed by atoms with E-state index in [9.17, 15) is 13.2 Å². The molecule has 0 saturated carbocycles. The summed E-state index contributed by atoms with van der Waals surface area (Å²) < 4.78 is 44.7. The second kappa shape index (κ2) is 11.2. The molecule has 1 N–H and O–H groups in total. The average molecular weight is 490 g/mol. The Morgan fingerprint density at radius 3 is 2.29 bits per heavy atom. The zero-order valence-electron chi connectivity index (χ0n) is 19.3. The molecule has 34 heavy (non-hydrogen) atoms. The summed E-state index contributed by atoms with van der Waals surface area (Å²) >= 11 is 0. The van der Waals surface area contributed by atoms with Gasteiger partial charge < -0.3 is 24.4 Å². The molecule has 2 aromatic carbocycles. The molecule has 0 aromatic heterocycles. The molecule has 184 valence electrons. The number of rotatable bonds is 8. The van der Waals surface area contributed by atoms with Crippen LogP contribution in [0.3, 0.4) is 0 Å². The van der Waals surface area contributed by atoms with E-state index in [1.807, 2.05) is 37.3 Å². The molecular weight excluding hydrogens is 458 g/mol. The largest absolute Gasteiger partial charge is 0.492 e. The maximum Gasteiger partial charge on any atom is 0.249 e. The van der Waals surface area contributed by atoms with Crippen LogP contribution in [-0.4, -0.2) is 82.7 Å². The number of carbonyl (C=O) groups is 1. The minimum atomic E-state index is -3.80. The monoisotopic (exact) mass is 489 g/mol. The first-order chi connectivity index (χ1) is 16.5. The molecule has 0 bridgehead atoms. The topological polar surface area (TPSA) is 97.4 Å². The van der Waals surface area contributed by atoms with E-state index < -0.39 is 16.1 Å². The minimum Gasteiger partial charge on any atom is -0.492 e. The fourth-order valence-electron chi connectivity index (χ4n) is 4.07. The molecule has 2 aliphatic rings. The lowest BCUT2D eigenvalue weighted by Crippen LogP contribution is -2.44. The summed E-state index contributed by atoms with van der Waals surface area (Å²) in [6.07, 6.45) is 0. The quantitative estimate of drug-likeness (QED) is 0.607. The average Bonchev–Trinajstić information content (AvgIpc) is 2.89. The standard InChI is InChI=1S/C24H31N3O6S/c1-2-33-21-9-8-20(18-22(21)34(29,30)27-12-16-32-17-13-27)25-23(19-6-4-3-5-7-19)24(28)26-10-14-31-15-11-26/h3-9,18,23,25H,2,10-17H2,1H3/t23-/m0/s1. The normalized spacial score (nSPS) is 18.3. The third-order valence-electron chi connectivity index (χ3n) is 5.85. The number of hydrogen-bond donors (Lipinski definition) is 1. The van der Waals surface area contributed by atoms with Gasteiger partial charge in [0.25, 0.3) is 0 Å². The van der Waals surface area contributed by atoms with Crippen LogP contribution in [-0.2, 0) is 24.3 Å². The van der Waals surface area contributed by atoms with E-state index in [0.717, 1.165) is 5.56 Å². The zero-order valence-corrected chi connectivity index (χ0v) is 20.1. The van der Waals surface area contributed by atoms with Crippen LogP contribution in [0.1, 0.15) is 18.5 Å². The summed E-state index contributed by atoms with van der Waals surface area (Å²) in [5.74, 6) is 0.205. The Balaban J connectivity index is 1.67. The first-order valence-corrected chi connectivity index (χ1v) is 13.0. The highest BCUT2D eigenvalue weighted by Gasteiger charge is 2.31. The van der Waals surface area contributed by atoms with Gasteiger partial charge in [0.15, 0.2) is 0 Å². The summed E-state index contributed by atoms with van der Waals surface area (Å²) in [5.41, 5.74) is 1.32. The van der Waals surface area contributed by atoms with E-state index in [1.54, 1.807) is 23.1 Å². The van der Waals surface area contributed by atoms with Crippen molar-refractivity contribution in [2.45, 2.75) is 17.9 Å². The zero-order chi connectivity index (χ0) is 24.0. The van der Waals surface area contributed by atoms with Crippen molar-refractivity contribution in [1.29, 1.82) is 0 Å². The van der Waals surface area contributed by atoms with Gasteiger partial charge in [-0.25, -0.2) is 8.42 Å². The summed E-state index contributed by atoms with van der Waals surface area (Å²) in [7, 11) is -3.80. The highest BCUT2D eigenvalue weighted by molar-refractivity contribution is 7.89. The van der Waals surface area contributed by atoms with Gasteiger partial charge in [-0.15, -0.1) is 0 Å². The SMILES string of the molecule is CCOc1ccc(N[C@H](C(=O)N2CCOCC2)c2ccccc2)cc1S(=O)(=O)N1CCOCC1. The summed E-state index contributed by atoms with van der Waals surface area (Å²) in [6, 6.07) is 13.7. The number of nitrogens with zero attached hydrogens (tertiary/aromatic N) is 2. The summed E-state index contributed by atoms with van der Waals surface area (Å²) in [6.45, 7) is 5.45. The van der Waals surface area contributed by atoms with Gasteiger partial charge in [-0.2, -0.15) is 4.31 Å². The third-order valence-corrected chi connectivity index (χ3v) is 7.76. The molecule has 2 aliphatic heterocycles. The van der Waals surface area contributed by atoms with Gasteiger partial charge in [-0.1, -0.05) is 30.3 Å². The molecular formula is C24H31N3O6S. The van der Waals surface area contributed by atoms with Crippen molar-refractivity contribution < 1.29 is 27.4 Å². The van der Waals surface area contributed by atoms with Crippen LogP contribution in [0.2, 0.25) is 0 Å². The predicted octanol–water partition coefficient (Wildman–Crippen LogP) is 2.12.